The molecule has 0 rings (SSSR count). The van der Waals surface area contributed by atoms with Crippen molar-refractivity contribution in [1.29, 1.82) is 0 Å². The van der Waals surface area contributed by atoms with Crippen molar-refractivity contribution in [3.8, 4) is 0 Å². The Kier molecular flexibility index (Phi) is 5.52. The van der Waals surface area contributed by atoms with Crippen molar-refractivity contribution < 1.29 is 8.85 Å². The highest BCUT2D eigenvalue weighted by molar-refractivity contribution is 6.66. The van der Waals surface area contributed by atoms with Gasteiger partial charge in [0.25, 0.3) is 0 Å². The van der Waals surface area contributed by atoms with Gasteiger partial charge in [0, 0.05) is 18.3 Å². The molecule has 0 saturated carbocycles. The van der Waals surface area contributed by atoms with Gasteiger partial charge in [-0.1, -0.05) is 6.08 Å². The minimum atomic E-state index is -1.99. The quantitative estimate of drug-likeness (QED) is 0.487. The van der Waals surface area contributed by atoms with E-state index >= 15 is 0 Å². The van der Waals surface area contributed by atoms with E-state index in [1.807, 2.05) is 33.8 Å². The smallest absolute Gasteiger partial charge is 0.339 e. The molecule has 0 aliphatic carbocycles. The fourth-order valence-corrected chi connectivity index (χ4v) is 4.15. The van der Waals surface area contributed by atoms with Crippen LogP contribution in [0.3, 0.4) is 0 Å². The molecule has 78 valence electrons. The Labute approximate surface area is 83.2 Å². The summed E-state index contributed by atoms with van der Waals surface area (Å²) in [6.07, 6.45) is 2.35. The molecule has 0 radical (unpaired) electrons. The van der Waals surface area contributed by atoms with Crippen LogP contribution in [0.25, 0.3) is 0 Å². The van der Waals surface area contributed by atoms with Crippen LogP contribution in [-0.2, 0) is 8.85 Å². The summed E-state index contributed by atoms with van der Waals surface area (Å²) in [4.78, 5) is 0. The van der Waals surface area contributed by atoms with Crippen molar-refractivity contribution in [2.45, 2.75) is 52.5 Å². The zero-order valence-electron chi connectivity index (χ0n) is 9.46. The molecular formula is C10H22O2Si. The predicted molar refractivity (Wildman–Crippen MR) is 59.1 cm³/mol. The molecule has 0 aromatic heterocycles. The minimum Gasteiger partial charge on any atom is -0.392 e. The zero-order chi connectivity index (χ0) is 10.5. The summed E-state index contributed by atoms with van der Waals surface area (Å²) in [6.45, 7) is 14.0. The molecule has 0 aliphatic rings. The van der Waals surface area contributed by atoms with Gasteiger partial charge < -0.3 is 8.85 Å². The molecular weight excluding hydrogens is 180 g/mol. The fourth-order valence-electron chi connectivity index (χ4n) is 1.38. The number of hydrogen-bond donors (Lipinski definition) is 0. The monoisotopic (exact) mass is 202 g/mol. The third-order valence-corrected chi connectivity index (χ3v) is 4.46. The first-order valence-electron chi connectivity index (χ1n) is 4.86. The lowest BCUT2D eigenvalue weighted by atomic mass is 10.5. The molecule has 0 unspecified atom stereocenters. The fraction of sp³-hybridized carbons (Fsp3) is 0.800. The topological polar surface area (TPSA) is 18.5 Å². The van der Waals surface area contributed by atoms with Crippen LogP contribution < -0.4 is 0 Å². The SMILES string of the molecule is C=CC[Si](C)(OC(C)C)OC(C)C. The van der Waals surface area contributed by atoms with E-state index in [1.54, 1.807) is 0 Å². The van der Waals surface area contributed by atoms with Crippen molar-refractivity contribution in [2.75, 3.05) is 0 Å². The van der Waals surface area contributed by atoms with Crippen molar-refractivity contribution in [1.82, 2.24) is 0 Å². The van der Waals surface area contributed by atoms with Gasteiger partial charge in [-0.2, -0.15) is 0 Å². The highest BCUT2D eigenvalue weighted by Gasteiger charge is 2.32. The maximum atomic E-state index is 5.83. The highest BCUT2D eigenvalue weighted by Crippen LogP contribution is 2.18. The molecule has 13 heavy (non-hydrogen) atoms. The van der Waals surface area contributed by atoms with E-state index in [4.69, 9.17) is 8.85 Å². The maximum Gasteiger partial charge on any atom is 0.339 e. The van der Waals surface area contributed by atoms with Crippen LogP contribution >= 0.6 is 0 Å². The highest BCUT2D eigenvalue weighted by atomic mass is 28.4. The molecule has 0 fully saturated rings. The van der Waals surface area contributed by atoms with Gasteiger partial charge in [0.2, 0.25) is 0 Å². The van der Waals surface area contributed by atoms with Gasteiger partial charge in [0.1, 0.15) is 0 Å². The van der Waals surface area contributed by atoms with E-state index in [2.05, 4.69) is 13.1 Å². The third-order valence-electron chi connectivity index (χ3n) is 1.49. The lowest BCUT2D eigenvalue weighted by Gasteiger charge is -2.30. The van der Waals surface area contributed by atoms with Crippen molar-refractivity contribution in [3.05, 3.63) is 12.7 Å². The summed E-state index contributed by atoms with van der Waals surface area (Å²) in [6, 6.07) is 0.851. The van der Waals surface area contributed by atoms with E-state index in [9.17, 15) is 0 Å². The number of rotatable bonds is 6. The Morgan fingerprint density at radius 1 is 1.15 bits per heavy atom. The van der Waals surface area contributed by atoms with E-state index < -0.39 is 8.56 Å². The van der Waals surface area contributed by atoms with Crippen molar-refractivity contribution >= 4 is 8.56 Å². The van der Waals surface area contributed by atoms with Gasteiger partial charge in [-0.3, -0.25) is 0 Å². The largest absolute Gasteiger partial charge is 0.392 e. The summed E-state index contributed by atoms with van der Waals surface area (Å²) in [5.74, 6) is 0. The predicted octanol–water partition coefficient (Wildman–Crippen LogP) is 3.09. The van der Waals surface area contributed by atoms with Crippen LogP contribution in [0.15, 0.2) is 12.7 Å². The minimum absolute atomic E-state index is 0.232. The van der Waals surface area contributed by atoms with Gasteiger partial charge in [-0.15, -0.1) is 6.58 Å². The molecule has 3 heteroatoms. The van der Waals surface area contributed by atoms with Crippen LogP contribution in [0.4, 0.5) is 0 Å². The van der Waals surface area contributed by atoms with E-state index in [-0.39, 0.29) is 12.2 Å². The summed E-state index contributed by atoms with van der Waals surface area (Å²) in [5, 5.41) is 0. The van der Waals surface area contributed by atoms with Gasteiger partial charge >= 0.3 is 8.56 Å². The molecule has 0 bridgehead atoms. The second-order valence-electron chi connectivity index (χ2n) is 3.96. The standard InChI is InChI=1S/C10H22O2Si/c1-7-8-13(6,11-9(2)3)12-10(4)5/h7,9-10H,1,8H2,2-6H3. The molecule has 0 N–H and O–H groups in total. The van der Waals surface area contributed by atoms with E-state index in [0.29, 0.717) is 0 Å². The Hall–Kier alpha value is -0.123. The number of hydrogen-bond acceptors (Lipinski definition) is 2. The van der Waals surface area contributed by atoms with Crippen molar-refractivity contribution in [2.24, 2.45) is 0 Å². The van der Waals surface area contributed by atoms with Gasteiger partial charge in [0.15, 0.2) is 0 Å². The normalized spacial score (nSPS) is 12.5. The van der Waals surface area contributed by atoms with Crippen LogP contribution in [-0.4, -0.2) is 20.8 Å². The summed E-state index contributed by atoms with van der Waals surface area (Å²) in [5.41, 5.74) is 0. The molecule has 0 spiro atoms. The molecule has 2 nitrogen and oxygen atoms in total. The molecule has 0 amide bonds. The summed E-state index contributed by atoms with van der Waals surface area (Å²) >= 11 is 0. The second kappa shape index (κ2) is 5.57. The molecule has 0 atom stereocenters. The van der Waals surface area contributed by atoms with Gasteiger partial charge in [0.05, 0.1) is 0 Å². The Morgan fingerprint density at radius 3 is 1.77 bits per heavy atom. The first-order valence-corrected chi connectivity index (χ1v) is 7.38. The Bertz CT molecular complexity index is 145. The molecule has 0 heterocycles. The van der Waals surface area contributed by atoms with Gasteiger partial charge in [-0.05, 0) is 34.2 Å². The van der Waals surface area contributed by atoms with E-state index in [1.165, 1.54) is 0 Å². The molecule has 0 aromatic carbocycles. The Morgan fingerprint density at radius 2 is 1.54 bits per heavy atom. The first-order chi connectivity index (χ1) is 5.89. The maximum absolute atomic E-state index is 5.83. The third kappa shape index (κ3) is 6.02. The lowest BCUT2D eigenvalue weighted by molar-refractivity contribution is 0.111. The number of allylic oxidation sites excluding steroid dienone is 1. The van der Waals surface area contributed by atoms with E-state index in [0.717, 1.165) is 6.04 Å². The molecule has 0 saturated heterocycles. The Balaban J connectivity index is 4.23. The van der Waals surface area contributed by atoms with Gasteiger partial charge in [-0.25, -0.2) is 0 Å². The summed E-state index contributed by atoms with van der Waals surface area (Å²) < 4.78 is 11.7. The average Bonchev–Trinajstić information content (AvgIpc) is 1.81. The molecule has 0 aliphatic heterocycles. The second-order valence-corrected chi connectivity index (χ2v) is 7.11. The molecule has 0 aromatic rings. The first kappa shape index (κ1) is 12.9. The van der Waals surface area contributed by atoms with Crippen LogP contribution in [0.1, 0.15) is 27.7 Å². The summed E-state index contributed by atoms with van der Waals surface area (Å²) in [7, 11) is -1.99. The average molecular weight is 202 g/mol. The van der Waals surface area contributed by atoms with Crippen molar-refractivity contribution in [3.63, 3.8) is 0 Å². The van der Waals surface area contributed by atoms with Crippen LogP contribution in [0.5, 0.6) is 0 Å². The van der Waals surface area contributed by atoms with Crippen LogP contribution in [0, 0.1) is 0 Å². The zero-order valence-corrected chi connectivity index (χ0v) is 10.5. The lowest BCUT2D eigenvalue weighted by Crippen LogP contribution is -2.42. The van der Waals surface area contributed by atoms with Crippen LogP contribution in [0.2, 0.25) is 12.6 Å².